The van der Waals surface area contributed by atoms with Gasteiger partial charge in [-0.1, -0.05) is 42.6 Å². The molecular formula is C13H16Cl2O3. The summed E-state index contributed by atoms with van der Waals surface area (Å²) >= 11 is 12.2. The van der Waals surface area contributed by atoms with Crippen molar-refractivity contribution < 1.29 is 14.6 Å². The third-order valence-electron chi connectivity index (χ3n) is 2.53. The van der Waals surface area contributed by atoms with Crippen LogP contribution >= 0.6 is 23.2 Å². The van der Waals surface area contributed by atoms with Crippen molar-refractivity contribution in [1.82, 2.24) is 0 Å². The Morgan fingerprint density at radius 3 is 2.44 bits per heavy atom. The third-order valence-corrected chi connectivity index (χ3v) is 3.43. The van der Waals surface area contributed by atoms with Gasteiger partial charge in [-0.3, -0.25) is 0 Å². The lowest BCUT2D eigenvalue weighted by Crippen LogP contribution is -2.37. The predicted molar refractivity (Wildman–Crippen MR) is 72.8 cm³/mol. The lowest BCUT2D eigenvalue weighted by molar-refractivity contribution is -0.152. The van der Waals surface area contributed by atoms with Crippen molar-refractivity contribution in [2.45, 2.75) is 39.2 Å². The summed E-state index contributed by atoms with van der Waals surface area (Å²) < 4.78 is 5.39. The van der Waals surface area contributed by atoms with Crippen LogP contribution in [0.5, 0.6) is 5.75 Å². The summed E-state index contributed by atoms with van der Waals surface area (Å²) in [6.45, 7) is 4.96. The highest BCUT2D eigenvalue weighted by molar-refractivity contribution is 6.43. The lowest BCUT2D eigenvalue weighted by atomic mass is 10.1. The van der Waals surface area contributed by atoms with Gasteiger partial charge in [0.25, 0.3) is 0 Å². The molecule has 0 spiro atoms. The van der Waals surface area contributed by atoms with Crippen LogP contribution in [0.3, 0.4) is 0 Å². The summed E-state index contributed by atoms with van der Waals surface area (Å²) in [5, 5.41) is 9.69. The van der Waals surface area contributed by atoms with Crippen molar-refractivity contribution >= 4 is 29.2 Å². The molecular weight excluding hydrogens is 275 g/mol. The van der Waals surface area contributed by atoms with E-state index in [2.05, 4.69) is 0 Å². The molecule has 0 bridgehead atoms. The number of carboxylic acids is 1. The summed E-state index contributed by atoms with van der Waals surface area (Å²) in [6, 6.07) is 3.47. The van der Waals surface area contributed by atoms with Crippen molar-refractivity contribution in [3.05, 3.63) is 27.7 Å². The maximum Gasteiger partial charge on any atom is 0.347 e. The maximum absolute atomic E-state index is 11.0. The first-order valence-electron chi connectivity index (χ1n) is 5.69. The summed E-state index contributed by atoms with van der Waals surface area (Å²) in [4.78, 5) is 11.0. The van der Waals surface area contributed by atoms with E-state index in [0.29, 0.717) is 5.02 Å². The molecule has 0 aliphatic heterocycles. The first-order chi connectivity index (χ1) is 8.29. The van der Waals surface area contributed by atoms with Crippen LogP contribution in [-0.2, 0) is 11.2 Å². The number of rotatable bonds is 5. The molecule has 0 unspecified atom stereocenters. The number of ether oxygens (including phenoxy) is 1. The Morgan fingerprint density at radius 2 is 1.94 bits per heavy atom. The molecule has 1 aromatic rings. The number of hydrogen-bond donors (Lipinski definition) is 1. The molecule has 1 N–H and O–H groups in total. The number of hydrogen-bond acceptors (Lipinski definition) is 2. The topological polar surface area (TPSA) is 46.5 Å². The number of carbonyl (C=O) groups is 1. The molecule has 0 heterocycles. The monoisotopic (exact) mass is 290 g/mol. The summed E-state index contributed by atoms with van der Waals surface area (Å²) in [5.41, 5.74) is -0.413. The van der Waals surface area contributed by atoms with Gasteiger partial charge in [0.2, 0.25) is 0 Å². The van der Waals surface area contributed by atoms with Crippen molar-refractivity contribution in [1.29, 1.82) is 0 Å². The van der Waals surface area contributed by atoms with E-state index in [1.54, 1.807) is 6.07 Å². The molecule has 1 rings (SSSR count). The van der Waals surface area contributed by atoms with Gasteiger partial charge in [-0.05, 0) is 31.9 Å². The molecule has 0 aromatic heterocycles. The second kappa shape index (κ2) is 5.81. The van der Waals surface area contributed by atoms with Crippen LogP contribution < -0.4 is 4.74 Å². The van der Waals surface area contributed by atoms with E-state index in [0.717, 1.165) is 18.4 Å². The molecule has 0 saturated heterocycles. The number of benzene rings is 1. The van der Waals surface area contributed by atoms with Crippen LogP contribution in [0.15, 0.2) is 12.1 Å². The van der Waals surface area contributed by atoms with E-state index in [1.807, 2.05) is 13.0 Å². The molecule has 0 aliphatic rings. The molecule has 0 aliphatic carbocycles. The van der Waals surface area contributed by atoms with Crippen molar-refractivity contribution in [3.63, 3.8) is 0 Å². The Morgan fingerprint density at radius 1 is 1.33 bits per heavy atom. The Labute approximate surface area is 117 Å². The molecule has 0 atom stereocenters. The largest absolute Gasteiger partial charge is 0.478 e. The summed E-state index contributed by atoms with van der Waals surface area (Å²) in [7, 11) is 0. The zero-order valence-electron chi connectivity index (χ0n) is 10.6. The second-order valence-corrected chi connectivity index (χ2v) is 5.27. The molecule has 0 amide bonds. The van der Waals surface area contributed by atoms with Gasteiger partial charge in [0.1, 0.15) is 10.8 Å². The zero-order valence-corrected chi connectivity index (χ0v) is 12.1. The van der Waals surface area contributed by atoms with Gasteiger partial charge in [0.15, 0.2) is 5.60 Å². The first-order valence-corrected chi connectivity index (χ1v) is 6.44. The molecule has 100 valence electrons. The van der Waals surface area contributed by atoms with E-state index in [-0.39, 0.29) is 10.8 Å². The Hall–Kier alpha value is -0.930. The van der Waals surface area contributed by atoms with Gasteiger partial charge in [0.05, 0.1) is 5.02 Å². The molecule has 0 radical (unpaired) electrons. The van der Waals surface area contributed by atoms with E-state index in [4.69, 9.17) is 33.0 Å². The Bertz CT molecular complexity index is 456. The fourth-order valence-electron chi connectivity index (χ4n) is 1.43. The number of aryl methyl sites for hydroxylation is 1. The second-order valence-electron chi connectivity index (χ2n) is 4.52. The van der Waals surface area contributed by atoms with Crippen LogP contribution in [0.4, 0.5) is 0 Å². The molecule has 3 nitrogen and oxygen atoms in total. The van der Waals surface area contributed by atoms with Gasteiger partial charge in [-0.15, -0.1) is 0 Å². The summed E-state index contributed by atoms with van der Waals surface area (Å²) in [6.07, 6.45) is 1.78. The highest BCUT2D eigenvalue weighted by Gasteiger charge is 2.30. The summed E-state index contributed by atoms with van der Waals surface area (Å²) in [5.74, 6) is -0.777. The minimum absolute atomic E-state index is 0.261. The molecule has 1 aromatic carbocycles. The van der Waals surface area contributed by atoms with Crippen LogP contribution in [-0.4, -0.2) is 16.7 Å². The highest BCUT2D eigenvalue weighted by Crippen LogP contribution is 2.36. The number of aliphatic carboxylic acids is 1. The SMILES string of the molecule is CCCc1ccc(OC(C)(C)C(=O)O)c(Cl)c1Cl. The van der Waals surface area contributed by atoms with Crippen molar-refractivity contribution in [3.8, 4) is 5.75 Å². The third kappa shape index (κ3) is 3.30. The quantitative estimate of drug-likeness (QED) is 0.884. The van der Waals surface area contributed by atoms with Crippen LogP contribution in [0.1, 0.15) is 32.8 Å². The minimum Gasteiger partial charge on any atom is -0.478 e. The van der Waals surface area contributed by atoms with Crippen LogP contribution in [0.25, 0.3) is 0 Å². The smallest absolute Gasteiger partial charge is 0.347 e. The zero-order chi connectivity index (χ0) is 13.9. The Kier molecular flexibility index (Phi) is 4.88. The van der Waals surface area contributed by atoms with Gasteiger partial charge >= 0.3 is 5.97 Å². The average molecular weight is 291 g/mol. The van der Waals surface area contributed by atoms with Gasteiger partial charge < -0.3 is 9.84 Å². The first kappa shape index (κ1) is 15.1. The molecule has 0 saturated carbocycles. The number of halogens is 2. The van der Waals surface area contributed by atoms with Gasteiger partial charge in [0, 0.05) is 0 Å². The van der Waals surface area contributed by atoms with E-state index in [9.17, 15) is 4.79 Å². The fraction of sp³-hybridized carbons (Fsp3) is 0.462. The highest BCUT2D eigenvalue weighted by atomic mass is 35.5. The van der Waals surface area contributed by atoms with Crippen LogP contribution in [0.2, 0.25) is 10.0 Å². The average Bonchev–Trinajstić information content (AvgIpc) is 2.28. The van der Waals surface area contributed by atoms with Crippen molar-refractivity contribution in [2.24, 2.45) is 0 Å². The Balaban J connectivity index is 3.06. The maximum atomic E-state index is 11.0. The fourth-order valence-corrected chi connectivity index (χ4v) is 1.91. The van der Waals surface area contributed by atoms with Crippen LogP contribution in [0, 0.1) is 0 Å². The molecule has 5 heteroatoms. The van der Waals surface area contributed by atoms with E-state index >= 15 is 0 Å². The number of carboxylic acid groups (broad SMARTS) is 1. The van der Waals surface area contributed by atoms with Gasteiger partial charge in [-0.25, -0.2) is 4.79 Å². The molecule has 18 heavy (non-hydrogen) atoms. The molecule has 0 fully saturated rings. The van der Waals surface area contributed by atoms with E-state index < -0.39 is 11.6 Å². The lowest BCUT2D eigenvalue weighted by Gasteiger charge is -2.23. The van der Waals surface area contributed by atoms with E-state index in [1.165, 1.54) is 13.8 Å². The van der Waals surface area contributed by atoms with Crippen molar-refractivity contribution in [2.75, 3.05) is 0 Å². The van der Waals surface area contributed by atoms with Gasteiger partial charge in [-0.2, -0.15) is 0 Å². The minimum atomic E-state index is -1.35. The normalized spacial score (nSPS) is 11.4. The standard InChI is InChI=1S/C13H16Cl2O3/c1-4-5-8-6-7-9(11(15)10(8)14)18-13(2,3)12(16)17/h6-7H,4-5H2,1-3H3,(H,16,17). The predicted octanol–water partition coefficient (Wildman–Crippen LogP) is 4.19.